The van der Waals surface area contributed by atoms with Crippen LogP contribution in [0.2, 0.25) is 0 Å². The highest BCUT2D eigenvalue weighted by atomic mass is 32.2. The lowest BCUT2D eigenvalue weighted by Gasteiger charge is -2.06. The largest absolute Gasteiger partial charge is 0.478 e. The van der Waals surface area contributed by atoms with Crippen molar-refractivity contribution in [3.63, 3.8) is 0 Å². The molecular weight excluding hydrogens is 290 g/mol. The van der Waals surface area contributed by atoms with Gasteiger partial charge in [0.1, 0.15) is 4.90 Å². The van der Waals surface area contributed by atoms with Gasteiger partial charge in [-0.3, -0.25) is 14.7 Å². The molecule has 0 amide bonds. The van der Waals surface area contributed by atoms with Crippen molar-refractivity contribution in [1.29, 1.82) is 0 Å². The van der Waals surface area contributed by atoms with E-state index in [9.17, 15) is 23.3 Å². The summed E-state index contributed by atoms with van der Waals surface area (Å²) in [6, 6.07) is 5.32. The molecule has 0 aliphatic rings. The molecule has 0 saturated heterocycles. The van der Waals surface area contributed by atoms with E-state index in [4.69, 9.17) is 9.66 Å². The minimum absolute atomic E-state index is 0.0155. The van der Waals surface area contributed by atoms with Crippen molar-refractivity contribution < 1.29 is 27.8 Å². The summed E-state index contributed by atoms with van der Waals surface area (Å²) in [4.78, 5) is 20.5. The number of benzene rings is 2. The Morgan fingerprint density at radius 3 is 2.35 bits per heavy atom. The molecule has 2 aromatic carbocycles. The topological polar surface area (TPSA) is 135 Å². The lowest BCUT2D eigenvalue weighted by atomic mass is 10.0. The van der Waals surface area contributed by atoms with E-state index in [0.717, 1.165) is 18.2 Å². The molecule has 0 spiro atoms. The fourth-order valence-corrected chi connectivity index (χ4v) is 2.55. The van der Waals surface area contributed by atoms with E-state index in [0.29, 0.717) is 0 Å². The summed E-state index contributed by atoms with van der Waals surface area (Å²) in [5, 5.41) is 19.6. The number of nitro benzene ring substituents is 1. The van der Waals surface area contributed by atoms with Crippen molar-refractivity contribution >= 4 is 32.5 Å². The van der Waals surface area contributed by atoms with Crippen LogP contribution in [0.5, 0.6) is 0 Å². The lowest BCUT2D eigenvalue weighted by molar-refractivity contribution is -0.384. The number of nitrogens with zero attached hydrogens (tertiary/aromatic N) is 1. The minimum Gasteiger partial charge on any atom is -0.478 e. The number of nitro groups is 1. The molecule has 0 radical (unpaired) electrons. The minimum atomic E-state index is -4.63. The van der Waals surface area contributed by atoms with Crippen LogP contribution < -0.4 is 0 Å². The van der Waals surface area contributed by atoms with Crippen molar-refractivity contribution in [2.45, 2.75) is 4.90 Å². The Kier molecular flexibility index (Phi) is 3.16. The third-order valence-corrected chi connectivity index (χ3v) is 3.57. The van der Waals surface area contributed by atoms with E-state index in [1.54, 1.807) is 0 Å². The first-order valence-corrected chi connectivity index (χ1v) is 6.58. The molecular formula is C11H7NO7S. The van der Waals surface area contributed by atoms with Crippen LogP contribution >= 0.6 is 0 Å². The van der Waals surface area contributed by atoms with Gasteiger partial charge < -0.3 is 5.11 Å². The Morgan fingerprint density at radius 1 is 1.20 bits per heavy atom. The van der Waals surface area contributed by atoms with Crippen molar-refractivity contribution in [2.75, 3.05) is 0 Å². The van der Waals surface area contributed by atoms with Crippen LogP contribution in [0.1, 0.15) is 10.4 Å². The second-order valence-electron chi connectivity index (χ2n) is 3.88. The monoisotopic (exact) mass is 297 g/mol. The van der Waals surface area contributed by atoms with Crippen LogP contribution in [-0.4, -0.2) is 29.0 Å². The molecule has 0 unspecified atom stereocenters. The molecule has 0 aromatic heterocycles. The second-order valence-corrected chi connectivity index (χ2v) is 5.27. The molecule has 20 heavy (non-hydrogen) atoms. The number of hydrogen-bond acceptors (Lipinski definition) is 5. The van der Waals surface area contributed by atoms with Gasteiger partial charge in [0.15, 0.2) is 0 Å². The predicted octanol–water partition coefficient (Wildman–Crippen LogP) is 1.69. The van der Waals surface area contributed by atoms with Crippen molar-refractivity contribution in [2.24, 2.45) is 0 Å². The summed E-state index contributed by atoms with van der Waals surface area (Å²) in [6.45, 7) is 0. The summed E-state index contributed by atoms with van der Waals surface area (Å²) in [6.07, 6.45) is 0. The van der Waals surface area contributed by atoms with Crippen LogP contribution in [0, 0.1) is 10.1 Å². The Balaban J connectivity index is 3.02. The van der Waals surface area contributed by atoms with E-state index < -0.39 is 37.2 Å². The van der Waals surface area contributed by atoms with Gasteiger partial charge in [0.25, 0.3) is 15.8 Å². The number of carbonyl (C=O) groups is 1. The summed E-state index contributed by atoms with van der Waals surface area (Å²) < 4.78 is 31.6. The SMILES string of the molecule is O=C(O)c1cc([N+](=O)[O-])cc2c(S(=O)(=O)O)cccc12. The summed E-state index contributed by atoms with van der Waals surface area (Å²) in [5.74, 6) is -1.44. The van der Waals surface area contributed by atoms with Gasteiger partial charge in [-0.2, -0.15) is 8.42 Å². The molecule has 0 aliphatic carbocycles. The summed E-state index contributed by atoms with van der Waals surface area (Å²) in [7, 11) is -4.63. The van der Waals surface area contributed by atoms with Gasteiger partial charge in [0.2, 0.25) is 0 Å². The highest BCUT2D eigenvalue weighted by Gasteiger charge is 2.21. The number of non-ortho nitro benzene ring substituents is 1. The molecule has 2 N–H and O–H groups in total. The highest BCUT2D eigenvalue weighted by Crippen LogP contribution is 2.30. The van der Waals surface area contributed by atoms with Gasteiger partial charge in [-0.15, -0.1) is 0 Å². The van der Waals surface area contributed by atoms with E-state index in [1.165, 1.54) is 12.1 Å². The number of carboxylic acid groups (broad SMARTS) is 1. The van der Waals surface area contributed by atoms with Crippen LogP contribution in [0.15, 0.2) is 35.2 Å². The smallest absolute Gasteiger partial charge is 0.336 e. The zero-order valence-corrected chi connectivity index (χ0v) is 10.5. The third kappa shape index (κ3) is 2.31. The van der Waals surface area contributed by atoms with Gasteiger partial charge in [-0.05, 0) is 11.5 Å². The van der Waals surface area contributed by atoms with Gasteiger partial charge in [0, 0.05) is 17.5 Å². The number of hydrogen-bond donors (Lipinski definition) is 2. The van der Waals surface area contributed by atoms with Crippen molar-refractivity contribution in [1.82, 2.24) is 0 Å². The number of aromatic carboxylic acids is 1. The number of rotatable bonds is 3. The van der Waals surface area contributed by atoms with Crippen LogP contribution in [0.4, 0.5) is 5.69 Å². The fourth-order valence-electron chi connectivity index (χ4n) is 1.85. The second kappa shape index (κ2) is 4.54. The maximum atomic E-state index is 11.2. The van der Waals surface area contributed by atoms with E-state index >= 15 is 0 Å². The quantitative estimate of drug-likeness (QED) is 0.500. The van der Waals surface area contributed by atoms with E-state index in [1.807, 2.05) is 0 Å². The molecule has 104 valence electrons. The van der Waals surface area contributed by atoms with Crippen molar-refractivity contribution in [3.05, 3.63) is 46.0 Å². The first-order chi connectivity index (χ1) is 9.21. The van der Waals surface area contributed by atoms with Gasteiger partial charge in [0.05, 0.1) is 10.5 Å². The highest BCUT2D eigenvalue weighted by molar-refractivity contribution is 7.86. The molecule has 0 fully saturated rings. The zero-order chi connectivity index (χ0) is 15.1. The molecule has 0 atom stereocenters. The molecule has 0 aliphatic heterocycles. The first-order valence-electron chi connectivity index (χ1n) is 5.14. The molecule has 8 nitrogen and oxygen atoms in total. The Hall–Kier alpha value is -2.52. The van der Waals surface area contributed by atoms with E-state index in [-0.39, 0.29) is 10.8 Å². The van der Waals surface area contributed by atoms with Crippen LogP contribution in [0.3, 0.4) is 0 Å². The average molecular weight is 297 g/mol. The normalized spacial score (nSPS) is 11.4. The standard InChI is InChI=1S/C11H7NO7S/c13-11(14)9-5-6(12(15)16)4-8-7(9)2-1-3-10(8)20(17,18)19/h1-5H,(H,13,14)(H,17,18,19). The van der Waals surface area contributed by atoms with Crippen LogP contribution in [0.25, 0.3) is 10.8 Å². The predicted molar refractivity (Wildman–Crippen MR) is 67.4 cm³/mol. The molecule has 2 aromatic rings. The molecule has 2 rings (SSSR count). The Bertz CT molecular complexity index is 841. The fraction of sp³-hybridized carbons (Fsp3) is 0. The summed E-state index contributed by atoms with van der Waals surface area (Å²) in [5.41, 5.74) is -0.995. The lowest BCUT2D eigenvalue weighted by Crippen LogP contribution is -2.04. The van der Waals surface area contributed by atoms with Crippen LogP contribution in [-0.2, 0) is 10.1 Å². The first kappa shape index (κ1) is 13.9. The third-order valence-electron chi connectivity index (χ3n) is 2.66. The maximum absolute atomic E-state index is 11.2. The Morgan fingerprint density at radius 2 is 1.85 bits per heavy atom. The van der Waals surface area contributed by atoms with Gasteiger partial charge in [-0.1, -0.05) is 12.1 Å². The molecule has 9 heteroatoms. The Labute approximate surface area is 112 Å². The average Bonchev–Trinajstić information content (AvgIpc) is 2.35. The van der Waals surface area contributed by atoms with E-state index in [2.05, 4.69) is 0 Å². The number of carboxylic acids is 1. The molecule has 0 saturated carbocycles. The van der Waals surface area contributed by atoms with Gasteiger partial charge >= 0.3 is 5.97 Å². The maximum Gasteiger partial charge on any atom is 0.336 e. The number of fused-ring (bicyclic) bond motifs is 1. The zero-order valence-electron chi connectivity index (χ0n) is 9.68. The molecule has 0 heterocycles. The van der Waals surface area contributed by atoms with Gasteiger partial charge in [-0.25, -0.2) is 4.79 Å². The van der Waals surface area contributed by atoms with Crippen molar-refractivity contribution in [3.8, 4) is 0 Å². The summed E-state index contributed by atoms with van der Waals surface area (Å²) >= 11 is 0. The molecule has 0 bridgehead atoms.